The summed E-state index contributed by atoms with van der Waals surface area (Å²) >= 11 is 8.54. The molecule has 0 aromatic rings. The zero-order valence-electron chi connectivity index (χ0n) is 9.60. The van der Waals surface area contributed by atoms with Crippen LogP contribution in [0.5, 0.6) is 0 Å². The van der Waals surface area contributed by atoms with Crippen molar-refractivity contribution in [2.24, 2.45) is 0 Å². The van der Waals surface area contributed by atoms with Gasteiger partial charge >= 0.3 is 5.97 Å². The van der Waals surface area contributed by atoms with E-state index in [2.05, 4.69) is 30.1 Å². The van der Waals surface area contributed by atoms with Crippen LogP contribution in [0.2, 0.25) is 0 Å². The van der Waals surface area contributed by atoms with Crippen LogP contribution in [0, 0.1) is 0 Å². The van der Waals surface area contributed by atoms with Crippen LogP contribution in [-0.4, -0.2) is 22.2 Å². The Balaban J connectivity index is 3.07. The molecule has 0 aliphatic carbocycles. The van der Waals surface area contributed by atoms with E-state index < -0.39 is 5.97 Å². The summed E-state index contributed by atoms with van der Waals surface area (Å²) in [5, 5.41) is 8.44. The summed E-state index contributed by atoms with van der Waals surface area (Å²) in [5.74, 6) is 0.304. The average molecular weight is 266 g/mol. The lowest BCUT2D eigenvalue weighted by atomic mass is 10.1. The third-order valence-corrected chi connectivity index (χ3v) is 3.65. The summed E-state index contributed by atoms with van der Waals surface area (Å²) in [6.07, 6.45) is 8.01. The highest BCUT2D eigenvalue weighted by molar-refractivity contribution is 7.84. The number of hydrogen-bond acceptors (Lipinski definition) is 5. The Morgan fingerprint density at radius 2 is 1.69 bits per heavy atom. The first-order chi connectivity index (χ1) is 7.70. The molecule has 96 valence electrons. The monoisotopic (exact) mass is 266 g/mol. The van der Waals surface area contributed by atoms with Gasteiger partial charge in [0.05, 0.1) is 0 Å². The number of carbonyl (C=O) groups is 1. The van der Waals surface area contributed by atoms with E-state index in [9.17, 15) is 4.79 Å². The maximum absolute atomic E-state index is 10.6. The van der Waals surface area contributed by atoms with Crippen molar-refractivity contribution >= 4 is 31.2 Å². The van der Waals surface area contributed by atoms with Crippen molar-refractivity contribution < 1.29 is 14.9 Å². The van der Waals surface area contributed by atoms with Gasteiger partial charge in [0, 0.05) is 17.4 Å². The topological polar surface area (TPSA) is 46.5 Å². The quantitative estimate of drug-likeness (QED) is 0.246. The number of unbranched alkanes of at least 4 members (excludes halogenated alkanes) is 5. The highest BCUT2D eigenvalue weighted by atomic mass is 32.1. The molecule has 0 saturated carbocycles. The zero-order valence-corrected chi connectivity index (χ0v) is 11.4. The van der Waals surface area contributed by atoms with Gasteiger partial charge in [0.15, 0.2) is 0 Å². The van der Waals surface area contributed by atoms with E-state index in [1.807, 2.05) is 0 Å². The smallest absolute Gasteiger partial charge is 0.301 e. The molecular formula is C11H22O3S2. The molecule has 0 aromatic carbocycles. The first kappa shape index (κ1) is 16.1. The van der Waals surface area contributed by atoms with Crippen LogP contribution < -0.4 is 0 Å². The summed E-state index contributed by atoms with van der Waals surface area (Å²) in [6.45, 7) is 0. The molecule has 0 aliphatic rings. The molecule has 5 heteroatoms. The average Bonchev–Trinajstić information content (AvgIpc) is 2.31. The second kappa shape index (κ2) is 11.6. The number of thiol groups is 2. The molecule has 0 amide bonds. The summed E-state index contributed by atoms with van der Waals surface area (Å²) in [7, 11) is 0. The van der Waals surface area contributed by atoms with Crippen molar-refractivity contribution in [1.29, 1.82) is 0 Å². The van der Waals surface area contributed by atoms with Crippen LogP contribution in [0.15, 0.2) is 0 Å². The fourth-order valence-electron chi connectivity index (χ4n) is 1.49. The molecule has 0 bridgehead atoms. The van der Waals surface area contributed by atoms with E-state index in [-0.39, 0.29) is 0 Å². The van der Waals surface area contributed by atoms with E-state index >= 15 is 0 Å². The Morgan fingerprint density at radius 1 is 1.12 bits per heavy atom. The lowest BCUT2D eigenvalue weighted by molar-refractivity contribution is -0.234. The number of rotatable bonds is 10. The molecule has 0 aliphatic heterocycles. The Bertz CT molecular complexity index is 177. The molecule has 0 radical (unpaired) electrons. The third kappa shape index (κ3) is 10.6. The zero-order chi connectivity index (χ0) is 12.2. The van der Waals surface area contributed by atoms with Gasteiger partial charge in [0.1, 0.15) is 0 Å². The predicted octanol–water partition coefficient (Wildman–Crippen LogP) is 3.35. The Morgan fingerprint density at radius 3 is 2.25 bits per heavy atom. The van der Waals surface area contributed by atoms with Crippen LogP contribution in [0.3, 0.4) is 0 Å². The maximum Gasteiger partial charge on any atom is 0.342 e. The first-order valence-corrected chi connectivity index (χ1v) is 6.98. The van der Waals surface area contributed by atoms with Gasteiger partial charge < -0.3 is 4.89 Å². The van der Waals surface area contributed by atoms with Crippen molar-refractivity contribution in [3.8, 4) is 0 Å². The fraction of sp³-hybridized carbons (Fsp3) is 0.909. The first-order valence-electron chi connectivity index (χ1n) is 5.84. The summed E-state index contributed by atoms with van der Waals surface area (Å²) in [6, 6.07) is 0. The second-order valence-electron chi connectivity index (χ2n) is 3.96. The molecule has 1 atom stereocenters. The largest absolute Gasteiger partial charge is 0.342 e. The molecule has 3 nitrogen and oxygen atoms in total. The lowest BCUT2D eigenvalue weighted by Gasteiger charge is -2.06. The molecule has 0 spiro atoms. The Hall–Kier alpha value is 0.130. The summed E-state index contributed by atoms with van der Waals surface area (Å²) in [4.78, 5) is 14.1. The minimum atomic E-state index is -0.535. The van der Waals surface area contributed by atoms with E-state index in [0.29, 0.717) is 11.7 Å². The highest BCUT2D eigenvalue weighted by Gasteiger charge is 2.01. The molecule has 1 unspecified atom stereocenters. The minimum absolute atomic E-state index is 0.314. The SMILES string of the molecule is O=C(CCCCCCCCC(S)CS)OO. The molecule has 0 aromatic heterocycles. The molecule has 1 N–H and O–H groups in total. The van der Waals surface area contributed by atoms with Crippen molar-refractivity contribution in [1.82, 2.24) is 0 Å². The van der Waals surface area contributed by atoms with Crippen LogP contribution in [0.1, 0.15) is 51.4 Å². The Labute approximate surface area is 109 Å². The van der Waals surface area contributed by atoms with Crippen molar-refractivity contribution in [2.75, 3.05) is 5.75 Å². The molecule has 16 heavy (non-hydrogen) atoms. The van der Waals surface area contributed by atoms with Crippen LogP contribution in [-0.2, 0) is 9.68 Å². The van der Waals surface area contributed by atoms with Crippen molar-refractivity contribution in [2.45, 2.75) is 56.6 Å². The molecule has 0 fully saturated rings. The summed E-state index contributed by atoms with van der Waals surface area (Å²) in [5.41, 5.74) is 0. The maximum atomic E-state index is 10.6. The fourth-order valence-corrected chi connectivity index (χ4v) is 1.86. The normalized spacial score (nSPS) is 12.4. The number of carbonyl (C=O) groups excluding carboxylic acids is 1. The Kier molecular flexibility index (Phi) is 11.7. The lowest BCUT2D eigenvalue weighted by Crippen LogP contribution is -2.00. The van der Waals surface area contributed by atoms with Gasteiger partial charge in [-0.05, 0) is 12.8 Å². The van der Waals surface area contributed by atoms with Crippen LogP contribution in [0.4, 0.5) is 0 Å². The number of hydrogen-bond donors (Lipinski definition) is 3. The highest BCUT2D eigenvalue weighted by Crippen LogP contribution is 2.12. The molecular weight excluding hydrogens is 244 g/mol. The molecule has 0 rings (SSSR count). The van der Waals surface area contributed by atoms with Crippen molar-refractivity contribution in [3.05, 3.63) is 0 Å². The van der Waals surface area contributed by atoms with E-state index in [0.717, 1.165) is 31.4 Å². The van der Waals surface area contributed by atoms with Crippen LogP contribution >= 0.6 is 25.3 Å². The predicted molar refractivity (Wildman–Crippen MR) is 72.3 cm³/mol. The van der Waals surface area contributed by atoms with E-state index in [1.165, 1.54) is 19.3 Å². The molecule has 0 heterocycles. The van der Waals surface area contributed by atoms with Gasteiger partial charge in [0.25, 0.3) is 0 Å². The third-order valence-electron chi connectivity index (χ3n) is 2.48. The summed E-state index contributed by atoms with van der Waals surface area (Å²) < 4.78 is 0. The van der Waals surface area contributed by atoms with Gasteiger partial charge in [-0.2, -0.15) is 30.5 Å². The van der Waals surface area contributed by atoms with Gasteiger partial charge in [0.2, 0.25) is 0 Å². The van der Waals surface area contributed by atoms with Gasteiger partial charge in [-0.25, -0.2) is 4.79 Å². The van der Waals surface area contributed by atoms with Gasteiger partial charge in [-0.1, -0.05) is 32.1 Å². The molecule has 0 saturated heterocycles. The van der Waals surface area contributed by atoms with E-state index in [4.69, 9.17) is 5.26 Å². The van der Waals surface area contributed by atoms with Gasteiger partial charge in [-0.3, -0.25) is 0 Å². The van der Waals surface area contributed by atoms with Gasteiger partial charge in [-0.15, -0.1) is 0 Å². The van der Waals surface area contributed by atoms with Crippen LogP contribution in [0.25, 0.3) is 0 Å². The minimum Gasteiger partial charge on any atom is -0.301 e. The second-order valence-corrected chi connectivity index (χ2v) is 5.06. The standard InChI is InChI=1S/C11H22O3S2/c12-11(14-13)8-6-4-2-1-3-5-7-10(16)9-15/h10,13,15-16H,1-9H2. The van der Waals surface area contributed by atoms with E-state index in [1.54, 1.807) is 0 Å². The van der Waals surface area contributed by atoms with Crippen molar-refractivity contribution in [3.63, 3.8) is 0 Å².